The molecule has 162 valence electrons. The molecule has 1 saturated heterocycles. The molecule has 2 aromatic heterocycles. The van der Waals surface area contributed by atoms with Crippen LogP contribution < -0.4 is 9.80 Å². The van der Waals surface area contributed by atoms with E-state index < -0.39 is 5.82 Å². The number of halogens is 1. The number of thioether (sulfide) groups is 1. The summed E-state index contributed by atoms with van der Waals surface area (Å²) in [5, 5.41) is 12.2. The summed E-state index contributed by atoms with van der Waals surface area (Å²) in [6.07, 6.45) is 4.75. The Morgan fingerprint density at radius 1 is 1.26 bits per heavy atom. The average Bonchev–Trinajstić information content (AvgIpc) is 3.15. The molecule has 1 aromatic carbocycles. The number of rotatable bonds is 7. The Hall–Kier alpha value is -2.46. The Kier molecular flexibility index (Phi) is 5.66. The van der Waals surface area contributed by atoms with Crippen LogP contribution in [0.15, 0.2) is 34.8 Å². The Morgan fingerprint density at radius 3 is 2.74 bits per heavy atom. The number of nitrogens with zero attached hydrogens (tertiary/aromatic N) is 6. The molecule has 1 aliphatic heterocycles. The largest absolute Gasteiger partial charge is 0.341 e. The van der Waals surface area contributed by atoms with Gasteiger partial charge in [0.05, 0.1) is 11.4 Å². The highest BCUT2D eigenvalue weighted by Crippen LogP contribution is 2.42. The lowest BCUT2D eigenvalue weighted by atomic mass is 10.3. The second-order valence-electron chi connectivity index (χ2n) is 7.79. The van der Waals surface area contributed by atoms with E-state index in [0.29, 0.717) is 16.9 Å². The first kappa shape index (κ1) is 20.4. The van der Waals surface area contributed by atoms with Crippen molar-refractivity contribution in [1.29, 1.82) is 0 Å². The molecule has 0 spiro atoms. The highest BCUT2D eigenvalue weighted by Gasteiger charge is 2.32. The van der Waals surface area contributed by atoms with E-state index >= 15 is 0 Å². The number of benzene rings is 1. The van der Waals surface area contributed by atoms with Crippen molar-refractivity contribution >= 4 is 45.8 Å². The van der Waals surface area contributed by atoms with Crippen LogP contribution in [0.2, 0.25) is 0 Å². The van der Waals surface area contributed by atoms with Crippen LogP contribution in [0.3, 0.4) is 0 Å². The number of carbonyl (C=O) groups excluding carboxylic acids is 1. The number of amides is 1. The Bertz CT molecular complexity index is 1090. The molecule has 3 aromatic rings. The maximum Gasteiger partial charge on any atom is 0.230 e. The van der Waals surface area contributed by atoms with Crippen LogP contribution in [0.4, 0.5) is 21.2 Å². The lowest BCUT2D eigenvalue weighted by molar-refractivity contribution is -0.115. The summed E-state index contributed by atoms with van der Waals surface area (Å²) in [5.74, 6) is 0.881. The van der Waals surface area contributed by atoms with Crippen LogP contribution in [-0.4, -0.2) is 38.7 Å². The third kappa shape index (κ3) is 4.18. The molecule has 3 heterocycles. The fourth-order valence-electron chi connectivity index (χ4n) is 3.80. The van der Waals surface area contributed by atoms with Crippen molar-refractivity contribution in [1.82, 2.24) is 19.7 Å². The zero-order chi connectivity index (χ0) is 21.4. The van der Waals surface area contributed by atoms with Gasteiger partial charge in [-0.1, -0.05) is 23.9 Å². The quantitative estimate of drug-likeness (QED) is 0.475. The number of carbonyl (C=O) groups is 1. The van der Waals surface area contributed by atoms with Crippen molar-refractivity contribution in [3.8, 4) is 0 Å². The molecule has 1 aliphatic carbocycles. The SMILES string of the molecule is CC(=O)N(c1nc(CSc2nnc(N3CCCC3)n2C2CC2)cs1)c1ccccc1F. The van der Waals surface area contributed by atoms with Gasteiger partial charge in [-0.25, -0.2) is 9.37 Å². The second-order valence-corrected chi connectivity index (χ2v) is 9.57. The van der Waals surface area contributed by atoms with Crippen LogP contribution >= 0.6 is 23.1 Å². The molecule has 2 fully saturated rings. The lowest BCUT2D eigenvalue weighted by Crippen LogP contribution is -2.23. The summed E-state index contributed by atoms with van der Waals surface area (Å²) in [4.78, 5) is 20.5. The predicted octanol–water partition coefficient (Wildman–Crippen LogP) is 4.79. The Labute approximate surface area is 188 Å². The van der Waals surface area contributed by atoms with E-state index in [1.54, 1.807) is 30.0 Å². The normalized spacial score (nSPS) is 16.1. The molecule has 10 heteroatoms. The van der Waals surface area contributed by atoms with Gasteiger partial charge in [-0.15, -0.1) is 21.5 Å². The van der Waals surface area contributed by atoms with Gasteiger partial charge in [0.25, 0.3) is 0 Å². The minimum absolute atomic E-state index is 0.215. The molecule has 7 nitrogen and oxygen atoms in total. The third-order valence-electron chi connectivity index (χ3n) is 5.44. The van der Waals surface area contributed by atoms with Crippen molar-refractivity contribution in [2.75, 3.05) is 22.9 Å². The van der Waals surface area contributed by atoms with E-state index in [-0.39, 0.29) is 11.6 Å². The Balaban J connectivity index is 1.34. The van der Waals surface area contributed by atoms with E-state index in [9.17, 15) is 9.18 Å². The lowest BCUT2D eigenvalue weighted by Gasteiger charge is -2.18. The summed E-state index contributed by atoms with van der Waals surface area (Å²) >= 11 is 2.95. The first-order valence-corrected chi connectivity index (χ1v) is 12.3. The van der Waals surface area contributed by atoms with Gasteiger partial charge in [-0.05, 0) is 37.8 Å². The van der Waals surface area contributed by atoms with Crippen molar-refractivity contribution in [3.63, 3.8) is 0 Å². The average molecular weight is 459 g/mol. The summed E-state index contributed by atoms with van der Waals surface area (Å²) in [6, 6.07) is 6.74. The summed E-state index contributed by atoms with van der Waals surface area (Å²) in [7, 11) is 0. The van der Waals surface area contributed by atoms with Crippen LogP contribution in [0.1, 0.15) is 44.3 Å². The monoisotopic (exact) mass is 458 g/mol. The standard InChI is InChI=1S/C21H23FN6OS2/c1-14(29)27(18-7-3-2-6-17(18)22)20-23-15(12-30-20)13-31-21-25-24-19(26-10-4-5-11-26)28(21)16-8-9-16/h2-3,6-7,12,16H,4-5,8-11,13H2,1H3. The number of thiazole rings is 1. The summed E-state index contributed by atoms with van der Waals surface area (Å²) in [6.45, 7) is 3.50. The van der Waals surface area contributed by atoms with E-state index in [0.717, 1.165) is 29.9 Å². The number of hydrogen-bond donors (Lipinski definition) is 0. The highest BCUT2D eigenvalue weighted by molar-refractivity contribution is 7.98. The van der Waals surface area contributed by atoms with Crippen molar-refractivity contribution < 1.29 is 9.18 Å². The molecule has 0 bridgehead atoms. The van der Waals surface area contributed by atoms with Gasteiger partial charge in [0.15, 0.2) is 10.3 Å². The molecule has 0 N–H and O–H groups in total. The number of para-hydroxylation sites is 1. The molecule has 5 rings (SSSR count). The maximum absolute atomic E-state index is 14.3. The van der Waals surface area contributed by atoms with Gasteiger partial charge >= 0.3 is 0 Å². The van der Waals surface area contributed by atoms with Gasteiger partial charge in [0.1, 0.15) is 5.82 Å². The smallest absolute Gasteiger partial charge is 0.230 e. The molecule has 2 aliphatic rings. The van der Waals surface area contributed by atoms with Crippen LogP contribution in [0.25, 0.3) is 0 Å². The minimum atomic E-state index is -0.448. The summed E-state index contributed by atoms with van der Waals surface area (Å²) in [5.41, 5.74) is 1.05. The molecule has 0 radical (unpaired) electrons. The molecule has 31 heavy (non-hydrogen) atoms. The van der Waals surface area contributed by atoms with Gasteiger partial charge in [0, 0.05) is 37.2 Å². The first-order chi connectivity index (χ1) is 15.1. The molecule has 1 saturated carbocycles. The topological polar surface area (TPSA) is 67.2 Å². The fraction of sp³-hybridized carbons (Fsp3) is 0.429. The predicted molar refractivity (Wildman–Crippen MR) is 121 cm³/mol. The van der Waals surface area contributed by atoms with Crippen molar-refractivity contribution in [2.45, 2.75) is 49.6 Å². The molecule has 1 amide bonds. The van der Waals surface area contributed by atoms with Gasteiger partial charge in [-0.3, -0.25) is 14.3 Å². The molecular weight excluding hydrogens is 435 g/mol. The van der Waals surface area contributed by atoms with Crippen LogP contribution in [0.5, 0.6) is 0 Å². The number of aromatic nitrogens is 4. The highest BCUT2D eigenvalue weighted by atomic mass is 32.2. The van der Waals surface area contributed by atoms with Crippen LogP contribution in [0, 0.1) is 5.82 Å². The Morgan fingerprint density at radius 2 is 2.03 bits per heavy atom. The fourth-order valence-corrected chi connectivity index (χ4v) is 5.68. The maximum atomic E-state index is 14.3. The van der Waals surface area contributed by atoms with E-state index in [4.69, 9.17) is 0 Å². The van der Waals surface area contributed by atoms with Crippen molar-refractivity contribution in [3.05, 3.63) is 41.2 Å². The van der Waals surface area contributed by atoms with Gasteiger partial charge < -0.3 is 4.90 Å². The minimum Gasteiger partial charge on any atom is -0.341 e. The van der Waals surface area contributed by atoms with Gasteiger partial charge in [-0.2, -0.15) is 0 Å². The van der Waals surface area contributed by atoms with Crippen molar-refractivity contribution in [2.24, 2.45) is 0 Å². The second kappa shape index (κ2) is 8.58. The van der Waals surface area contributed by atoms with E-state index in [1.165, 1.54) is 54.9 Å². The summed E-state index contributed by atoms with van der Waals surface area (Å²) < 4.78 is 16.6. The third-order valence-corrected chi connectivity index (χ3v) is 7.29. The molecule has 0 atom stereocenters. The first-order valence-electron chi connectivity index (χ1n) is 10.4. The zero-order valence-electron chi connectivity index (χ0n) is 17.2. The number of hydrogen-bond acceptors (Lipinski definition) is 7. The van der Waals surface area contributed by atoms with E-state index in [1.807, 2.05) is 5.38 Å². The van der Waals surface area contributed by atoms with Gasteiger partial charge in [0.2, 0.25) is 11.9 Å². The molecule has 0 unspecified atom stereocenters. The molecular formula is C21H23FN6OS2. The van der Waals surface area contributed by atoms with E-state index in [2.05, 4.69) is 24.6 Å². The number of anilines is 3. The zero-order valence-corrected chi connectivity index (χ0v) is 18.8. The van der Waals surface area contributed by atoms with Crippen LogP contribution in [-0.2, 0) is 10.5 Å².